The van der Waals surface area contributed by atoms with E-state index in [2.05, 4.69) is 391 Å². The molecular formula is C97H90BN3. The summed E-state index contributed by atoms with van der Waals surface area (Å²) in [6.07, 6.45) is 0. The topological polar surface area (TPSA) is 11.4 Å². The van der Waals surface area contributed by atoms with Crippen LogP contribution in [0.1, 0.15) is 122 Å². The fourth-order valence-corrected chi connectivity index (χ4v) is 16.6. The lowest BCUT2D eigenvalue weighted by atomic mass is 9.33. The molecule has 16 rings (SSSR count). The fourth-order valence-electron chi connectivity index (χ4n) is 16.6. The Labute approximate surface area is 599 Å². The van der Waals surface area contributed by atoms with E-state index < -0.39 is 0 Å². The maximum absolute atomic E-state index is 2.73. The third kappa shape index (κ3) is 11.2. The maximum atomic E-state index is 2.73. The van der Waals surface area contributed by atoms with Crippen molar-refractivity contribution in [2.45, 2.75) is 126 Å². The summed E-state index contributed by atoms with van der Waals surface area (Å²) < 4.78 is 2.56. The zero-order valence-corrected chi connectivity index (χ0v) is 61.4. The van der Waals surface area contributed by atoms with Crippen LogP contribution in [0, 0.1) is 20.8 Å². The number of fused-ring (bicyclic) bond motifs is 7. The van der Waals surface area contributed by atoms with Crippen molar-refractivity contribution in [2.24, 2.45) is 0 Å². The van der Waals surface area contributed by atoms with E-state index >= 15 is 0 Å². The van der Waals surface area contributed by atoms with Gasteiger partial charge in [-0.2, -0.15) is 0 Å². The van der Waals surface area contributed by atoms with Gasteiger partial charge in [-0.25, -0.2) is 0 Å². The van der Waals surface area contributed by atoms with E-state index in [4.69, 9.17) is 0 Å². The van der Waals surface area contributed by atoms with Gasteiger partial charge in [0.15, 0.2) is 0 Å². The molecule has 1 aromatic heterocycles. The zero-order chi connectivity index (χ0) is 70.2. The molecule has 2 aliphatic rings. The Morgan fingerprint density at radius 2 is 0.673 bits per heavy atom. The van der Waals surface area contributed by atoms with Crippen molar-refractivity contribution >= 4 is 79.0 Å². The molecule has 0 atom stereocenters. The Kier molecular flexibility index (Phi) is 15.6. The van der Waals surface area contributed by atoms with Crippen LogP contribution >= 0.6 is 0 Å². The van der Waals surface area contributed by atoms with Crippen molar-refractivity contribution in [2.75, 3.05) is 9.80 Å². The van der Waals surface area contributed by atoms with Gasteiger partial charge in [-0.3, -0.25) is 0 Å². The number of aromatic nitrogens is 1. The number of anilines is 6. The zero-order valence-electron chi connectivity index (χ0n) is 61.4. The number of benzene rings is 13. The Balaban J connectivity index is 1.11. The molecule has 0 amide bonds. The van der Waals surface area contributed by atoms with Gasteiger partial charge in [-0.1, -0.05) is 307 Å². The molecule has 0 bridgehead atoms. The van der Waals surface area contributed by atoms with Crippen molar-refractivity contribution in [3.63, 3.8) is 0 Å². The Hall–Kier alpha value is -10.7. The first-order chi connectivity index (χ1) is 48.4. The predicted octanol–water partition coefficient (Wildman–Crippen LogP) is 25.0. The first kappa shape index (κ1) is 65.0. The summed E-state index contributed by atoms with van der Waals surface area (Å²) in [5.41, 5.74) is 36.8. The number of aryl methyl sites for hydroxylation is 3. The predicted molar refractivity (Wildman–Crippen MR) is 436 cm³/mol. The van der Waals surface area contributed by atoms with Crippen LogP contribution in [-0.4, -0.2) is 11.3 Å². The first-order valence-electron chi connectivity index (χ1n) is 36.3. The van der Waals surface area contributed by atoms with Gasteiger partial charge < -0.3 is 14.4 Å². The van der Waals surface area contributed by atoms with Gasteiger partial charge in [0.1, 0.15) is 0 Å². The smallest absolute Gasteiger partial charge is 0.252 e. The minimum atomic E-state index is -0.233. The summed E-state index contributed by atoms with van der Waals surface area (Å²) >= 11 is 0. The number of nitrogens with zero attached hydrogens (tertiary/aromatic N) is 3. The molecule has 0 N–H and O–H groups in total. The van der Waals surface area contributed by atoms with Gasteiger partial charge in [-0.15, -0.1) is 0 Å². The highest BCUT2D eigenvalue weighted by atomic mass is 15.2. The Morgan fingerprint density at radius 3 is 1.09 bits per heavy atom. The van der Waals surface area contributed by atoms with Crippen molar-refractivity contribution in [3.8, 4) is 72.4 Å². The van der Waals surface area contributed by atoms with Gasteiger partial charge in [0.25, 0.3) is 6.71 Å². The number of para-hydroxylation sites is 2. The third-order valence-electron chi connectivity index (χ3n) is 21.6. The highest BCUT2D eigenvalue weighted by Gasteiger charge is 2.46. The molecule has 0 unspecified atom stereocenters. The lowest BCUT2D eigenvalue weighted by molar-refractivity contribution is 0.570. The highest BCUT2D eigenvalue weighted by molar-refractivity contribution is 7.00. The first-order valence-corrected chi connectivity index (χ1v) is 36.3. The van der Waals surface area contributed by atoms with Crippen molar-refractivity contribution in [1.82, 2.24) is 4.57 Å². The quantitative estimate of drug-likeness (QED) is 0.133. The van der Waals surface area contributed by atoms with Crippen LogP contribution in [0.2, 0.25) is 0 Å². The second kappa shape index (κ2) is 24.3. The number of hydrogen-bond acceptors (Lipinski definition) is 2. The summed E-state index contributed by atoms with van der Waals surface area (Å²) in [6, 6.07) is 105. The standard InChI is InChI=1S/C97H90BN3/c1-61-52-62(2)90(63(3)53-61)68-42-48-82-86(54-68)100(92-75(64-30-20-16-21-31-64)38-28-39-76(92)65-32-22-17-23-33-65)88-55-69(74-47-43-72(96(10,11)12)59-81(74)97(13,14)15)56-89-91(88)98(82)83-49-46-73(99-84-50-44-70(94(4,5)6)57-79(84)80-58-71(95(7,8)9)45-51-85(80)99)60-87(83)101(89)93-77(66-34-24-18-25-35-66)40-29-41-78(93)67-36-26-19-27-37-67/h16-60H,1-15H3. The molecule has 101 heavy (non-hydrogen) atoms. The van der Waals surface area contributed by atoms with E-state index in [1.54, 1.807) is 0 Å². The Bertz CT molecular complexity index is 5380. The van der Waals surface area contributed by atoms with Crippen molar-refractivity contribution in [3.05, 3.63) is 312 Å². The lowest BCUT2D eigenvalue weighted by Gasteiger charge is -2.46. The fraction of sp³-hybridized carbons (Fsp3) is 0.196. The molecule has 0 fully saturated rings. The summed E-state index contributed by atoms with van der Waals surface area (Å²) in [5, 5.41) is 2.53. The molecule has 3 nitrogen and oxygen atoms in total. The second-order valence-corrected chi connectivity index (χ2v) is 32.7. The van der Waals surface area contributed by atoms with E-state index in [1.807, 2.05) is 0 Å². The third-order valence-corrected chi connectivity index (χ3v) is 21.6. The second-order valence-electron chi connectivity index (χ2n) is 32.7. The van der Waals surface area contributed by atoms with E-state index in [9.17, 15) is 0 Å². The monoisotopic (exact) mass is 1310 g/mol. The SMILES string of the molecule is Cc1cc(C)c(-c2ccc3c(c2)N(c2c(-c4ccccc4)cccc2-c2ccccc2)c2cc(-c4ccc(C(C)(C)C)cc4C(C)(C)C)cc4c2B3c2ccc(-n3c5ccc(C(C)(C)C)cc5c5cc(C(C)(C)C)ccc53)cc2N4c2c(-c3ccccc3)cccc2-c2ccccc2)c(C)c1. The molecule has 0 spiro atoms. The highest BCUT2D eigenvalue weighted by Crippen LogP contribution is 2.55. The van der Waals surface area contributed by atoms with Crippen LogP contribution in [0.3, 0.4) is 0 Å². The lowest BCUT2D eigenvalue weighted by Crippen LogP contribution is -2.61. The van der Waals surface area contributed by atoms with Crippen LogP contribution in [0.15, 0.2) is 273 Å². The average Bonchev–Trinajstić information content (AvgIpc) is 1.17. The summed E-state index contributed by atoms with van der Waals surface area (Å²) in [4.78, 5) is 5.44. The number of rotatable bonds is 9. The molecule has 3 heterocycles. The summed E-state index contributed by atoms with van der Waals surface area (Å²) in [5.74, 6) is 0. The van der Waals surface area contributed by atoms with E-state index in [0.717, 1.165) is 89.9 Å². The molecule has 0 radical (unpaired) electrons. The van der Waals surface area contributed by atoms with Crippen LogP contribution in [0.5, 0.6) is 0 Å². The minimum absolute atomic E-state index is 0.0519. The largest absolute Gasteiger partial charge is 0.310 e. The van der Waals surface area contributed by atoms with Crippen LogP contribution in [0.4, 0.5) is 34.1 Å². The molecule has 0 aliphatic carbocycles. The molecule has 0 saturated heterocycles. The molecule has 4 heteroatoms. The normalized spacial score (nSPS) is 13.0. The molecule has 14 aromatic rings. The van der Waals surface area contributed by atoms with E-state index in [1.165, 1.54) is 93.8 Å². The number of hydrogen-bond donors (Lipinski definition) is 0. The van der Waals surface area contributed by atoms with Gasteiger partial charge in [0.2, 0.25) is 0 Å². The van der Waals surface area contributed by atoms with Crippen LogP contribution in [-0.2, 0) is 21.7 Å². The average molecular weight is 1310 g/mol. The maximum Gasteiger partial charge on any atom is 0.252 e. The summed E-state index contributed by atoms with van der Waals surface area (Å²) in [6.45, 7) is 34.8. The molecule has 496 valence electrons. The van der Waals surface area contributed by atoms with Crippen LogP contribution in [0.25, 0.3) is 94.3 Å². The van der Waals surface area contributed by atoms with Gasteiger partial charge >= 0.3 is 0 Å². The van der Waals surface area contributed by atoms with Gasteiger partial charge in [-0.05, 0) is 191 Å². The molecular weight excluding hydrogens is 1220 g/mol. The van der Waals surface area contributed by atoms with Crippen molar-refractivity contribution in [1.29, 1.82) is 0 Å². The van der Waals surface area contributed by atoms with Crippen LogP contribution < -0.4 is 26.2 Å². The Morgan fingerprint density at radius 1 is 0.287 bits per heavy atom. The molecule has 2 aliphatic heterocycles. The van der Waals surface area contributed by atoms with Gasteiger partial charge in [0, 0.05) is 61.5 Å². The van der Waals surface area contributed by atoms with E-state index in [-0.39, 0.29) is 28.4 Å². The van der Waals surface area contributed by atoms with E-state index in [0.29, 0.717) is 0 Å². The van der Waals surface area contributed by atoms with Crippen molar-refractivity contribution < 1.29 is 0 Å². The molecule has 0 saturated carbocycles. The molecule has 13 aromatic carbocycles. The minimum Gasteiger partial charge on any atom is -0.310 e. The summed E-state index contributed by atoms with van der Waals surface area (Å²) in [7, 11) is 0. The van der Waals surface area contributed by atoms with Gasteiger partial charge in [0.05, 0.1) is 22.4 Å².